The minimum Gasteiger partial charge on any atom is -0.346 e. The third-order valence-corrected chi connectivity index (χ3v) is 5.41. The van der Waals surface area contributed by atoms with Gasteiger partial charge in [-0.3, -0.25) is 4.79 Å². The molecule has 4 heteroatoms. The summed E-state index contributed by atoms with van der Waals surface area (Å²) in [5.74, 6) is 0.536. The van der Waals surface area contributed by atoms with E-state index in [4.69, 9.17) is 5.26 Å². The maximum Gasteiger partial charge on any atom is 0.175 e. The minimum absolute atomic E-state index is 0.123. The summed E-state index contributed by atoms with van der Waals surface area (Å²) in [6, 6.07) is 16.4. The Balaban J connectivity index is 1.85. The number of carbonyl (C=O) groups excluding carboxylic acids is 1. The zero-order valence-corrected chi connectivity index (χ0v) is 15.3. The van der Waals surface area contributed by atoms with Crippen LogP contribution in [0.4, 0.5) is 0 Å². The molecule has 2 aromatic carbocycles. The van der Waals surface area contributed by atoms with Gasteiger partial charge in [0.05, 0.1) is 18.2 Å². The third-order valence-electron chi connectivity index (χ3n) is 4.26. The lowest BCUT2D eigenvalue weighted by atomic mass is 10.1. The number of aryl methyl sites for hydroxylation is 3. The second-order valence-electron chi connectivity index (χ2n) is 6.14. The quantitative estimate of drug-likeness (QED) is 0.457. The molecule has 3 aromatic rings. The van der Waals surface area contributed by atoms with Crippen molar-refractivity contribution in [2.75, 3.05) is 5.75 Å². The van der Waals surface area contributed by atoms with Gasteiger partial charge in [0, 0.05) is 34.1 Å². The molecule has 0 aliphatic heterocycles. The van der Waals surface area contributed by atoms with Gasteiger partial charge < -0.3 is 4.57 Å². The molecule has 0 N–H and O–H groups in total. The first-order valence-corrected chi connectivity index (χ1v) is 9.27. The van der Waals surface area contributed by atoms with Crippen LogP contribution in [0, 0.1) is 25.2 Å². The van der Waals surface area contributed by atoms with E-state index in [9.17, 15) is 4.79 Å². The minimum atomic E-state index is 0.123. The highest BCUT2D eigenvalue weighted by Gasteiger charge is 2.15. The Morgan fingerprint density at radius 3 is 2.80 bits per heavy atom. The van der Waals surface area contributed by atoms with Crippen LogP contribution < -0.4 is 0 Å². The summed E-state index contributed by atoms with van der Waals surface area (Å²) in [4.78, 5) is 14.0. The van der Waals surface area contributed by atoms with Crippen molar-refractivity contribution in [3.05, 3.63) is 65.4 Å². The van der Waals surface area contributed by atoms with Crippen molar-refractivity contribution in [3.8, 4) is 6.07 Å². The number of benzene rings is 2. The fourth-order valence-corrected chi connectivity index (χ4v) is 3.92. The zero-order chi connectivity index (χ0) is 17.8. The lowest BCUT2D eigenvalue weighted by Gasteiger charge is -2.06. The Hall–Kier alpha value is -2.51. The number of fused-ring (bicyclic) bond motifs is 1. The van der Waals surface area contributed by atoms with E-state index in [0.717, 1.165) is 21.4 Å². The molecule has 0 bridgehead atoms. The summed E-state index contributed by atoms with van der Waals surface area (Å²) >= 11 is 1.59. The number of Topliss-reactive ketones (excluding diaryl/α,β-unsaturated/α-hetero) is 1. The van der Waals surface area contributed by atoms with Crippen LogP contribution in [0.5, 0.6) is 0 Å². The Kier molecular flexibility index (Phi) is 5.25. The maximum absolute atomic E-state index is 12.8. The summed E-state index contributed by atoms with van der Waals surface area (Å²) in [6.45, 7) is 4.74. The van der Waals surface area contributed by atoms with E-state index >= 15 is 0 Å². The SMILES string of the molecule is Cc1ccc(C)c(SCC(=O)c2cn(CCC#N)c3ccccc23)c1. The molecule has 25 heavy (non-hydrogen) atoms. The van der Waals surface area contributed by atoms with E-state index in [1.165, 1.54) is 11.1 Å². The Morgan fingerprint density at radius 2 is 2.00 bits per heavy atom. The highest BCUT2D eigenvalue weighted by atomic mass is 32.2. The second-order valence-corrected chi connectivity index (χ2v) is 7.16. The van der Waals surface area contributed by atoms with Crippen LogP contribution in [-0.4, -0.2) is 16.1 Å². The number of nitrogens with zero attached hydrogens (tertiary/aromatic N) is 2. The highest BCUT2D eigenvalue weighted by molar-refractivity contribution is 8.00. The van der Waals surface area contributed by atoms with Crippen LogP contribution in [-0.2, 0) is 6.54 Å². The van der Waals surface area contributed by atoms with E-state index < -0.39 is 0 Å². The first kappa shape index (κ1) is 17.3. The van der Waals surface area contributed by atoms with Gasteiger partial charge in [0.2, 0.25) is 0 Å². The summed E-state index contributed by atoms with van der Waals surface area (Å²) in [7, 11) is 0. The number of ketones is 1. The number of hydrogen-bond donors (Lipinski definition) is 0. The summed E-state index contributed by atoms with van der Waals surface area (Å²) in [5, 5.41) is 9.81. The predicted octanol–water partition coefficient (Wildman–Crippen LogP) is 5.15. The largest absolute Gasteiger partial charge is 0.346 e. The smallest absolute Gasteiger partial charge is 0.175 e. The van der Waals surface area contributed by atoms with Gasteiger partial charge in [-0.15, -0.1) is 11.8 Å². The zero-order valence-electron chi connectivity index (χ0n) is 14.5. The molecule has 1 heterocycles. The van der Waals surface area contributed by atoms with Crippen molar-refractivity contribution in [1.29, 1.82) is 5.26 Å². The molecule has 0 fully saturated rings. The molecule has 0 saturated heterocycles. The van der Waals surface area contributed by atoms with Gasteiger partial charge in [0.25, 0.3) is 0 Å². The number of hydrogen-bond acceptors (Lipinski definition) is 3. The van der Waals surface area contributed by atoms with E-state index in [1.54, 1.807) is 11.8 Å². The van der Waals surface area contributed by atoms with Crippen molar-refractivity contribution in [3.63, 3.8) is 0 Å². The normalized spacial score (nSPS) is 10.8. The van der Waals surface area contributed by atoms with Crippen LogP contribution >= 0.6 is 11.8 Å². The van der Waals surface area contributed by atoms with Crippen molar-refractivity contribution in [2.45, 2.75) is 31.7 Å². The average molecular weight is 348 g/mol. The van der Waals surface area contributed by atoms with Crippen LogP contribution in [0.15, 0.2) is 53.6 Å². The first-order valence-electron chi connectivity index (χ1n) is 8.28. The molecule has 0 aliphatic rings. The monoisotopic (exact) mass is 348 g/mol. The molecule has 0 unspecified atom stereocenters. The van der Waals surface area contributed by atoms with E-state index in [0.29, 0.717) is 18.7 Å². The van der Waals surface area contributed by atoms with Crippen molar-refractivity contribution in [1.82, 2.24) is 4.57 Å². The molecule has 0 radical (unpaired) electrons. The van der Waals surface area contributed by atoms with Gasteiger partial charge >= 0.3 is 0 Å². The van der Waals surface area contributed by atoms with Crippen molar-refractivity contribution in [2.24, 2.45) is 0 Å². The van der Waals surface area contributed by atoms with E-state index in [1.807, 2.05) is 35.0 Å². The molecule has 0 aliphatic carbocycles. The third kappa shape index (κ3) is 3.78. The number of nitriles is 1. The number of thioether (sulfide) groups is 1. The van der Waals surface area contributed by atoms with E-state index in [-0.39, 0.29) is 5.78 Å². The molecular weight excluding hydrogens is 328 g/mol. The Bertz CT molecular complexity index is 966. The molecule has 3 rings (SSSR count). The first-order chi connectivity index (χ1) is 12.1. The highest BCUT2D eigenvalue weighted by Crippen LogP contribution is 2.27. The molecule has 3 nitrogen and oxygen atoms in total. The molecule has 1 aromatic heterocycles. The van der Waals surface area contributed by atoms with Gasteiger partial charge in [-0.05, 0) is 31.5 Å². The van der Waals surface area contributed by atoms with Crippen molar-refractivity contribution < 1.29 is 4.79 Å². The van der Waals surface area contributed by atoms with Crippen LogP contribution in [0.1, 0.15) is 27.9 Å². The maximum atomic E-state index is 12.8. The van der Waals surface area contributed by atoms with Crippen LogP contribution in [0.25, 0.3) is 10.9 Å². The molecule has 0 saturated carbocycles. The fourth-order valence-electron chi connectivity index (χ4n) is 2.91. The van der Waals surface area contributed by atoms with Crippen LogP contribution in [0.3, 0.4) is 0 Å². The summed E-state index contributed by atoms with van der Waals surface area (Å²) in [5.41, 5.74) is 4.15. The molecule has 0 atom stereocenters. The average Bonchev–Trinajstić information content (AvgIpc) is 2.99. The number of rotatable bonds is 6. The Morgan fingerprint density at radius 1 is 1.20 bits per heavy atom. The number of aromatic nitrogens is 1. The van der Waals surface area contributed by atoms with Gasteiger partial charge in [-0.2, -0.15) is 5.26 Å². The number of carbonyl (C=O) groups is 1. The topological polar surface area (TPSA) is 45.8 Å². The standard InChI is InChI=1S/C21H20N2OS/c1-15-8-9-16(2)21(12-15)25-14-20(24)18-13-23(11-5-10-22)19-7-4-3-6-17(18)19/h3-4,6-9,12-13H,5,11,14H2,1-2H3. The van der Waals surface area contributed by atoms with Gasteiger partial charge in [0.15, 0.2) is 5.78 Å². The molecule has 0 amide bonds. The second kappa shape index (κ2) is 7.58. The molecule has 126 valence electrons. The lowest BCUT2D eigenvalue weighted by Crippen LogP contribution is -2.02. The molecular formula is C21H20N2OS. The predicted molar refractivity (Wildman–Crippen MR) is 103 cm³/mol. The van der Waals surface area contributed by atoms with Crippen LogP contribution in [0.2, 0.25) is 0 Å². The fraction of sp³-hybridized carbons (Fsp3) is 0.238. The van der Waals surface area contributed by atoms with Gasteiger partial charge in [0.1, 0.15) is 0 Å². The molecule has 0 spiro atoms. The lowest BCUT2D eigenvalue weighted by molar-refractivity contribution is 0.102. The van der Waals surface area contributed by atoms with Crippen molar-refractivity contribution >= 4 is 28.4 Å². The van der Waals surface area contributed by atoms with E-state index in [2.05, 4.69) is 38.1 Å². The summed E-state index contributed by atoms with van der Waals surface area (Å²) < 4.78 is 2.01. The Labute approximate surface area is 152 Å². The summed E-state index contributed by atoms with van der Waals surface area (Å²) in [6.07, 6.45) is 2.33. The van der Waals surface area contributed by atoms with Gasteiger partial charge in [-0.25, -0.2) is 0 Å². The van der Waals surface area contributed by atoms with Gasteiger partial charge in [-0.1, -0.05) is 35.9 Å². The number of para-hydroxylation sites is 1.